The smallest absolute Gasteiger partial charge is 0.337 e. The zero-order valence-corrected chi connectivity index (χ0v) is 18.5. The maximum atomic E-state index is 12.3. The molecule has 2 aromatic rings. The number of hydrogen-bond acceptors (Lipinski definition) is 5. The zero-order chi connectivity index (χ0) is 22.5. The fourth-order valence-electron chi connectivity index (χ4n) is 6.40. The number of carbonyl (C=O) groups excluding carboxylic acids is 2. The monoisotopic (exact) mass is 435 g/mol. The number of carbonyl (C=O) groups is 2. The van der Waals surface area contributed by atoms with Gasteiger partial charge in [-0.05, 0) is 90.7 Å². The molecule has 0 aliphatic heterocycles. The molecule has 168 valence electrons. The Morgan fingerprint density at radius 2 is 1.91 bits per heavy atom. The molecule has 2 aromatic carbocycles. The number of methoxy groups -OCH3 is 1. The summed E-state index contributed by atoms with van der Waals surface area (Å²) in [6.07, 6.45) is 6.83. The molecule has 4 atom stereocenters. The van der Waals surface area contributed by atoms with Gasteiger partial charge in [0.1, 0.15) is 11.5 Å². The van der Waals surface area contributed by atoms with Gasteiger partial charge >= 0.3 is 5.97 Å². The van der Waals surface area contributed by atoms with Gasteiger partial charge in [-0.2, -0.15) is 0 Å². The van der Waals surface area contributed by atoms with Crippen molar-refractivity contribution in [1.82, 2.24) is 0 Å². The third-order valence-corrected chi connectivity index (χ3v) is 7.77. The van der Waals surface area contributed by atoms with Crippen molar-refractivity contribution < 1.29 is 24.2 Å². The van der Waals surface area contributed by atoms with E-state index in [0.717, 1.165) is 11.8 Å². The molecule has 2 N–H and O–H groups in total. The molecule has 3 fully saturated rings. The van der Waals surface area contributed by atoms with E-state index < -0.39 is 11.9 Å². The SMILES string of the molecule is COC(=O)c1ccc(O)c(NC(=O)COc2ccc(C3(C)CC4CC5CC5(C4)C3)cc2)c1. The van der Waals surface area contributed by atoms with E-state index in [1.807, 2.05) is 12.1 Å². The number of rotatable bonds is 6. The molecule has 3 aliphatic carbocycles. The van der Waals surface area contributed by atoms with Crippen LogP contribution in [0.25, 0.3) is 0 Å². The quantitative estimate of drug-likeness (QED) is 0.509. The van der Waals surface area contributed by atoms with Crippen molar-refractivity contribution >= 4 is 17.6 Å². The molecule has 32 heavy (non-hydrogen) atoms. The van der Waals surface area contributed by atoms with Crippen LogP contribution >= 0.6 is 0 Å². The maximum absolute atomic E-state index is 12.3. The van der Waals surface area contributed by atoms with Crippen LogP contribution in [0.3, 0.4) is 0 Å². The summed E-state index contributed by atoms with van der Waals surface area (Å²) in [7, 11) is 1.27. The van der Waals surface area contributed by atoms with Crippen molar-refractivity contribution in [2.24, 2.45) is 17.3 Å². The second-order valence-electron chi connectivity index (χ2n) is 10.1. The molecule has 1 spiro atoms. The van der Waals surface area contributed by atoms with Crippen LogP contribution in [0.2, 0.25) is 0 Å². The van der Waals surface area contributed by atoms with E-state index in [2.05, 4.69) is 29.1 Å². The van der Waals surface area contributed by atoms with Crippen molar-refractivity contribution in [1.29, 1.82) is 0 Å². The van der Waals surface area contributed by atoms with Crippen LogP contribution in [0.4, 0.5) is 5.69 Å². The van der Waals surface area contributed by atoms with Crippen LogP contribution in [0.1, 0.15) is 54.9 Å². The van der Waals surface area contributed by atoms with E-state index in [4.69, 9.17) is 4.74 Å². The van der Waals surface area contributed by atoms with E-state index in [1.165, 1.54) is 63.0 Å². The van der Waals surface area contributed by atoms with Crippen molar-refractivity contribution in [3.05, 3.63) is 53.6 Å². The number of amides is 1. The number of fused-ring (bicyclic) bond motifs is 1. The first kappa shape index (κ1) is 20.9. The Morgan fingerprint density at radius 1 is 1.12 bits per heavy atom. The summed E-state index contributed by atoms with van der Waals surface area (Å²) in [5.41, 5.74) is 2.58. The summed E-state index contributed by atoms with van der Waals surface area (Å²) in [5.74, 6) is 1.36. The Morgan fingerprint density at radius 3 is 2.62 bits per heavy atom. The minimum atomic E-state index is -0.548. The van der Waals surface area contributed by atoms with Crippen molar-refractivity contribution in [2.75, 3.05) is 19.0 Å². The molecule has 3 saturated carbocycles. The van der Waals surface area contributed by atoms with Crippen LogP contribution in [0.5, 0.6) is 11.5 Å². The van der Waals surface area contributed by atoms with E-state index in [-0.39, 0.29) is 29.0 Å². The molecule has 6 nitrogen and oxygen atoms in total. The number of anilines is 1. The fraction of sp³-hybridized carbons (Fsp3) is 0.462. The van der Waals surface area contributed by atoms with Crippen LogP contribution < -0.4 is 10.1 Å². The summed E-state index contributed by atoms with van der Waals surface area (Å²) < 4.78 is 10.3. The first-order chi connectivity index (χ1) is 15.3. The lowest BCUT2D eigenvalue weighted by atomic mass is 9.64. The number of aromatic hydroxyl groups is 1. The Hall–Kier alpha value is -3.02. The molecule has 0 saturated heterocycles. The van der Waals surface area contributed by atoms with E-state index in [9.17, 15) is 14.7 Å². The summed E-state index contributed by atoms with van der Waals surface area (Å²) in [5, 5.41) is 12.5. The largest absolute Gasteiger partial charge is 0.506 e. The average molecular weight is 436 g/mol. The number of phenols is 1. The molecule has 4 unspecified atom stereocenters. The fourth-order valence-corrected chi connectivity index (χ4v) is 6.40. The van der Waals surface area contributed by atoms with Crippen molar-refractivity contribution in [2.45, 2.75) is 44.4 Å². The predicted molar refractivity (Wildman–Crippen MR) is 120 cm³/mol. The lowest BCUT2D eigenvalue weighted by Gasteiger charge is -2.40. The molecule has 0 radical (unpaired) electrons. The molecule has 2 bridgehead atoms. The number of hydrogen-bond donors (Lipinski definition) is 2. The van der Waals surface area contributed by atoms with Crippen LogP contribution in [0.15, 0.2) is 42.5 Å². The standard InChI is InChI=1S/C26H29NO5/c1-25(11-16-9-19-13-26(19,12-16)15-25)18-4-6-20(7-5-18)32-14-23(29)27-21-10-17(24(30)31-2)3-8-22(21)28/h3-8,10,16,19,28H,9,11-15H2,1-2H3,(H,27,29). The minimum Gasteiger partial charge on any atom is -0.506 e. The third-order valence-electron chi connectivity index (χ3n) is 7.77. The highest BCUT2D eigenvalue weighted by Gasteiger charge is 2.65. The maximum Gasteiger partial charge on any atom is 0.337 e. The zero-order valence-electron chi connectivity index (χ0n) is 18.5. The molecule has 5 rings (SSSR count). The van der Waals surface area contributed by atoms with Gasteiger partial charge < -0.3 is 19.9 Å². The van der Waals surface area contributed by atoms with Gasteiger partial charge in [-0.1, -0.05) is 19.1 Å². The van der Waals surface area contributed by atoms with Gasteiger partial charge in [-0.3, -0.25) is 4.79 Å². The normalized spacial score (nSPS) is 29.7. The van der Waals surface area contributed by atoms with Gasteiger partial charge in [0, 0.05) is 0 Å². The van der Waals surface area contributed by atoms with Crippen LogP contribution in [-0.2, 0) is 14.9 Å². The molecule has 1 amide bonds. The minimum absolute atomic E-state index is 0.134. The molecule has 0 aromatic heterocycles. The second kappa shape index (κ2) is 7.54. The average Bonchev–Trinajstić information content (AvgIpc) is 3.33. The summed E-state index contributed by atoms with van der Waals surface area (Å²) in [6.45, 7) is 2.20. The van der Waals surface area contributed by atoms with Gasteiger partial charge in [0.25, 0.3) is 5.91 Å². The predicted octanol–water partition coefficient (Wildman–Crippen LogP) is 4.66. The van der Waals surface area contributed by atoms with E-state index in [0.29, 0.717) is 11.2 Å². The summed E-state index contributed by atoms with van der Waals surface area (Å²) in [6, 6.07) is 12.3. The van der Waals surface area contributed by atoms with E-state index >= 15 is 0 Å². The van der Waals surface area contributed by atoms with Crippen molar-refractivity contribution in [3.8, 4) is 11.5 Å². The second-order valence-corrected chi connectivity index (χ2v) is 10.1. The van der Waals surface area contributed by atoms with E-state index in [1.54, 1.807) is 0 Å². The lowest BCUT2D eigenvalue weighted by molar-refractivity contribution is -0.118. The van der Waals surface area contributed by atoms with Crippen molar-refractivity contribution in [3.63, 3.8) is 0 Å². The highest BCUT2D eigenvalue weighted by molar-refractivity contribution is 5.96. The van der Waals surface area contributed by atoms with Gasteiger partial charge in [0.05, 0.1) is 18.4 Å². The Bertz CT molecular complexity index is 1060. The Kier molecular flexibility index (Phi) is 4.91. The van der Waals surface area contributed by atoms with Crippen LogP contribution in [-0.4, -0.2) is 30.7 Å². The lowest BCUT2D eigenvalue weighted by Crippen LogP contribution is -2.33. The topological polar surface area (TPSA) is 84.9 Å². The molecule has 6 heteroatoms. The third kappa shape index (κ3) is 3.72. The van der Waals surface area contributed by atoms with Gasteiger partial charge in [0.2, 0.25) is 0 Å². The Balaban J connectivity index is 1.19. The van der Waals surface area contributed by atoms with Crippen LogP contribution in [0, 0.1) is 17.3 Å². The van der Waals surface area contributed by atoms with Gasteiger partial charge in [0.15, 0.2) is 6.61 Å². The molecular formula is C26H29NO5. The summed E-state index contributed by atoms with van der Waals surface area (Å²) >= 11 is 0. The van der Waals surface area contributed by atoms with Gasteiger partial charge in [-0.25, -0.2) is 4.79 Å². The number of benzene rings is 2. The molecule has 3 aliphatic rings. The highest BCUT2D eigenvalue weighted by Crippen LogP contribution is 2.74. The first-order valence-electron chi connectivity index (χ1n) is 11.2. The highest BCUT2D eigenvalue weighted by atomic mass is 16.5. The number of ether oxygens (including phenoxy) is 2. The number of phenolic OH excluding ortho intramolecular Hbond substituents is 1. The molecule has 0 heterocycles. The first-order valence-corrected chi connectivity index (χ1v) is 11.2. The molecular weight excluding hydrogens is 406 g/mol. The number of nitrogens with one attached hydrogen (secondary N) is 1. The Labute approximate surface area is 187 Å². The van der Waals surface area contributed by atoms with Gasteiger partial charge in [-0.15, -0.1) is 0 Å². The summed E-state index contributed by atoms with van der Waals surface area (Å²) in [4.78, 5) is 24.0. The number of esters is 1.